The van der Waals surface area contributed by atoms with Crippen molar-refractivity contribution in [3.05, 3.63) is 77.4 Å². The zero-order valence-corrected chi connectivity index (χ0v) is 26.8. The Balaban J connectivity index is 0.000000219. The molecule has 0 saturated carbocycles. The van der Waals surface area contributed by atoms with Gasteiger partial charge in [0.2, 0.25) is 5.96 Å². The van der Waals surface area contributed by atoms with Crippen molar-refractivity contribution in [2.75, 3.05) is 31.1 Å². The van der Waals surface area contributed by atoms with Crippen LogP contribution in [-0.4, -0.2) is 87.9 Å². The summed E-state index contributed by atoms with van der Waals surface area (Å²) in [4.78, 5) is 76.3. The highest BCUT2D eigenvalue weighted by molar-refractivity contribution is 6.29. The number of guanidine groups is 1. The molecule has 0 radical (unpaired) electrons. The van der Waals surface area contributed by atoms with E-state index in [0.717, 1.165) is 24.1 Å². The van der Waals surface area contributed by atoms with Gasteiger partial charge in [-0.05, 0) is 73.5 Å². The van der Waals surface area contributed by atoms with Crippen molar-refractivity contribution in [1.82, 2.24) is 15.2 Å². The van der Waals surface area contributed by atoms with Crippen LogP contribution in [0.1, 0.15) is 42.1 Å². The molecule has 5 rings (SSSR count). The lowest BCUT2D eigenvalue weighted by Gasteiger charge is -2.35. The van der Waals surface area contributed by atoms with Crippen LogP contribution in [0.5, 0.6) is 0 Å². The maximum absolute atomic E-state index is 12.8. The maximum atomic E-state index is 12.8. The van der Waals surface area contributed by atoms with Gasteiger partial charge in [-0.3, -0.25) is 29.4 Å². The highest BCUT2D eigenvalue weighted by atomic mass is 16.4. The van der Waals surface area contributed by atoms with Crippen LogP contribution in [0.4, 0.5) is 17.1 Å². The number of carbonyl (C=O) groups excluding carboxylic acids is 4. The van der Waals surface area contributed by atoms with E-state index in [9.17, 15) is 28.8 Å². The molecule has 3 amide bonds. The van der Waals surface area contributed by atoms with Crippen LogP contribution in [0.15, 0.2) is 76.4 Å². The number of hydrogen-bond acceptors (Lipinski definition) is 10. The van der Waals surface area contributed by atoms with Gasteiger partial charge >= 0.3 is 11.9 Å². The number of nitrogens with one attached hydrogen (secondary N) is 2. The first-order valence-electron chi connectivity index (χ1n) is 15.0. The molecule has 1 aliphatic carbocycles. The van der Waals surface area contributed by atoms with Crippen molar-refractivity contribution in [2.24, 2.45) is 16.0 Å². The van der Waals surface area contributed by atoms with E-state index >= 15 is 0 Å². The number of carboxylic acids is 2. The molecule has 1 saturated heterocycles. The number of nitrogens with zero attached hydrogens (tertiary/aromatic N) is 5. The number of anilines is 2. The fraction of sp³-hybridized carbons (Fsp3) is 0.273. The summed E-state index contributed by atoms with van der Waals surface area (Å²) in [6, 6.07) is 11.9. The molecule has 1 fully saturated rings. The van der Waals surface area contributed by atoms with Crippen LogP contribution < -0.4 is 15.8 Å². The number of hydrogen-bond donors (Lipinski definition) is 4. The highest BCUT2D eigenvalue weighted by Crippen LogP contribution is 2.40. The standard InChI is InChI=1S/C17H15N3O6.C16H20N4O2/c21-14-6-5-12(9-13(14)17(25)26)20-19-11-3-1-10(2-4-11)16(24)18-8-7-15(22)23;1-5-6-11-14(21)19-13-9-10(2)7-8-12(13)17-16(18(3)4)20(19)15(11)22/h1-6,9,19H,7-8H2,(H,18,24)(H,22,23)(H,25,26);7-9,11H,5-6H2,1-4H3/b20-12-;. The monoisotopic (exact) mass is 657 g/mol. The largest absolute Gasteiger partial charge is 0.481 e. The Kier molecular flexibility index (Phi) is 10.8. The lowest BCUT2D eigenvalue weighted by atomic mass is 10.0. The van der Waals surface area contributed by atoms with Crippen molar-refractivity contribution in [1.29, 1.82) is 0 Å². The molecular weight excluding hydrogens is 622 g/mol. The molecule has 2 aromatic carbocycles. The Labute approximate surface area is 275 Å². The number of allylic oxidation sites excluding steroid dienone is 3. The minimum atomic E-state index is -1.33. The zero-order chi connectivity index (χ0) is 35.1. The number of hydrazone groups is 1. The minimum absolute atomic E-state index is 0.0329. The van der Waals surface area contributed by atoms with Gasteiger partial charge in [0, 0.05) is 26.2 Å². The minimum Gasteiger partial charge on any atom is -0.481 e. The van der Waals surface area contributed by atoms with Crippen molar-refractivity contribution in [3.8, 4) is 0 Å². The van der Waals surface area contributed by atoms with E-state index in [1.807, 2.05) is 46.1 Å². The Morgan fingerprint density at radius 2 is 1.67 bits per heavy atom. The van der Waals surface area contributed by atoms with E-state index in [-0.39, 0.29) is 36.1 Å². The fourth-order valence-electron chi connectivity index (χ4n) is 4.86. The number of carboxylic acid groups (broad SMARTS) is 2. The molecule has 1 atom stereocenters. The lowest BCUT2D eigenvalue weighted by molar-refractivity contribution is -0.137. The summed E-state index contributed by atoms with van der Waals surface area (Å²) < 4.78 is 0. The first kappa shape index (κ1) is 34.7. The number of carbonyl (C=O) groups is 6. The zero-order valence-electron chi connectivity index (χ0n) is 26.8. The smallest absolute Gasteiger partial charge is 0.339 e. The highest BCUT2D eigenvalue weighted by Gasteiger charge is 2.50. The summed E-state index contributed by atoms with van der Waals surface area (Å²) in [6.45, 7) is 3.97. The average Bonchev–Trinajstić information content (AvgIpc) is 3.29. The van der Waals surface area contributed by atoms with Gasteiger partial charge in [0.15, 0.2) is 5.78 Å². The normalized spacial score (nSPS) is 17.1. The molecule has 2 aromatic rings. The summed E-state index contributed by atoms with van der Waals surface area (Å²) in [7, 11) is 3.64. The fourth-order valence-corrected chi connectivity index (χ4v) is 4.86. The predicted molar refractivity (Wildman–Crippen MR) is 177 cm³/mol. The quantitative estimate of drug-likeness (QED) is 0.134. The van der Waals surface area contributed by atoms with Crippen LogP contribution in [0.2, 0.25) is 0 Å². The number of aryl methyl sites for hydroxylation is 1. The average molecular weight is 658 g/mol. The number of rotatable bonds is 9. The Morgan fingerprint density at radius 3 is 2.29 bits per heavy atom. The summed E-state index contributed by atoms with van der Waals surface area (Å²) in [6.07, 6.45) is 4.85. The number of amides is 3. The van der Waals surface area contributed by atoms with Gasteiger partial charge in [0.25, 0.3) is 17.7 Å². The molecule has 3 aliphatic rings. The maximum Gasteiger partial charge on any atom is 0.339 e. The molecule has 15 nitrogen and oxygen atoms in total. The number of aliphatic imine (C=N–C) groups is 1. The molecule has 0 aromatic heterocycles. The van der Waals surface area contributed by atoms with Crippen LogP contribution in [-0.2, 0) is 24.0 Å². The summed E-state index contributed by atoms with van der Waals surface area (Å²) >= 11 is 0. The van der Waals surface area contributed by atoms with Gasteiger partial charge in [-0.25, -0.2) is 14.8 Å². The molecule has 15 heteroatoms. The molecule has 2 aliphatic heterocycles. The third-order valence-electron chi connectivity index (χ3n) is 7.24. The van der Waals surface area contributed by atoms with Gasteiger partial charge in [-0.15, -0.1) is 0 Å². The number of ketones is 1. The van der Waals surface area contributed by atoms with E-state index in [4.69, 9.17) is 10.2 Å². The van der Waals surface area contributed by atoms with Crippen LogP contribution >= 0.6 is 0 Å². The third-order valence-corrected chi connectivity index (χ3v) is 7.24. The third kappa shape index (κ3) is 7.81. The summed E-state index contributed by atoms with van der Waals surface area (Å²) in [5.74, 6) is -3.80. The Morgan fingerprint density at radius 1 is 0.979 bits per heavy atom. The predicted octanol–water partition coefficient (Wildman–Crippen LogP) is 2.87. The van der Waals surface area contributed by atoms with Crippen molar-refractivity contribution < 1.29 is 39.0 Å². The van der Waals surface area contributed by atoms with Crippen LogP contribution in [0, 0.1) is 12.8 Å². The Bertz CT molecular complexity index is 1780. The molecule has 2 heterocycles. The molecule has 250 valence electrons. The molecule has 1 unspecified atom stereocenters. The van der Waals surface area contributed by atoms with E-state index in [2.05, 4.69) is 20.8 Å². The first-order chi connectivity index (χ1) is 22.8. The van der Waals surface area contributed by atoms with E-state index in [1.165, 1.54) is 28.2 Å². The molecular formula is C33H35N7O8. The van der Waals surface area contributed by atoms with Crippen molar-refractivity contribution in [3.63, 3.8) is 0 Å². The van der Waals surface area contributed by atoms with Gasteiger partial charge in [0.1, 0.15) is 11.5 Å². The topological polar surface area (TPSA) is 201 Å². The molecule has 0 bridgehead atoms. The second kappa shape index (κ2) is 15.0. The van der Waals surface area contributed by atoms with Crippen LogP contribution in [0.3, 0.4) is 0 Å². The van der Waals surface area contributed by atoms with Crippen LogP contribution in [0.25, 0.3) is 0 Å². The number of hydrazine groups is 1. The van der Waals surface area contributed by atoms with E-state index in [0.29, 0.717) is 35.0 Å². The van der Waals surface area contributed by atoms with Crippen molar-refractivity contribution >= 4 is 64.2 Å². The number of benzene rings is 2. The van der Waals surface area contributed by atoms with Gasteiger partial charge < -0.3 is 20.4 Å². The molecule has 0 spiro atoms. The second-order valence-corrected chi connectivity index (χ2v) is 11.1. The van der Waals surface area contributed by atoms with E-state index in [1.54, 1.807) is 17.0 Å². The van der Waals surface area contributed by atoms with Crippen molar-refractivity contribution in [2.45, 2.75) is 33.1 Å². The summed E-state index contributed by atoms with van der Waals surface area (Å²) in [5, 5.41) is 26.8. The Hall–Kier alpha value is -6.12. The SMILES string of the molecule is CCCC1C(=O)N2C(N(C)C)=Nc3ccc(C)cc3N2C1=O.O=C(O)CCNC(=O)c1ccc(N/N=C2/C=CC(=O)C(C(=O)O)=C2)cc1. The van der Waals surface area contributed by atoms with E-state index < -0.39 is 29.5 Å². The van der Waals surface area contributed by atoms with Gasteiger partial charge in [-0.1, -0.05) is 19.4 Å². The first-order valence-corrected chi connectivity index (χ1v) is 15.0. The number of fused-ring (bicyclic) bond motifs is 3. The van der Waals surface area contributed by atoms with Gasteiger partial charge in [0.05, 0.1) is 29.2 Å². The lowest BCUT2D eigenvalue weighted by Crippen LogP contribution is -2.52. The van der Waals surface area contributed by atoms with Gasteiger partial charge in [-0.2, -0.15) is 10.1 Å². The second-order valence-electron chi connectivity index (χ2n) is 11.1. The molecule has 4 N–H and O–H groups in total. The summed E-state index contributed by atoms with van der Waals surface area (Å²) in [5.41, 5.74) is 5.89. The number of aliphatic carboxylic acids is 2. The molecule has 48 heavy (non-hydrogen) atoms.